The smallest absolute Gasteiger partial charge is 0.330 e. The van der Waals surface area contributed by atoms with E-state index in [0.29, 0.717) is 19.2 Å². The van der Waals surface area contributed by atoms with Gasteiger partial charge in [0, 0.05) is 14.2 Å². The molecular formula is C11H17O4P. The molecule has 5 heteroatoms. The van der Waals surface area contributed by atoms with Gasteiger partial charge in [-0.1, -0.05) is 18.2 Å². The molecule has 0 aliphatic rings. The molecule has 1 rings (SSSR count). The molecule has 0 saturated heterocycles. The molecule has 0 heterocycles. The minimum absolute atomic E-state index is 0.368. The summed E-state index contributed by atoms with van der Waals surface area (Å²) in [4.78, 5) is 0. The Bertz CT molecular complexity index is 331. The Kier molecular flexibility index (Phi) is 5.53. The van der Waals surface area contributed by atoms with Gasteiger partial charge in [-0.15, -0.1) is 0 Å². The van der Waals surface area contributed by atoms with E-state index in [1.54, 1.807) is 0 Å². The van der Waals surface area contributed by atoms with Gasteiger partial charge in [-0.25, -0.2) is 0 Å². The molecule has 0 unspecified atom stereocenters. The van der Waals surface area contributed by atoms with Crippen molar-refractivity contribution in [1.82, 2.24) is 0 Å². The van der Waals surface area contributed by atoms with E-state index in [1.165, 1.54) is 14.2 Å². The van der Waals surface area contributed by atoms with E-state index in [0.717, 1.165) is 5.75 Å². The maximum Gasteiger partial charge on any atom is 0.330 e. The van der Waals surface area contributed by atoms with Gasteiger partial charge in [-0.3, -0.25) is 4.57 Å². The standard InChI is InChI=1S/C11H17O4P/c1-13-16(12,14-2)10-6-9-15-11-7-4-3-5-8-11/h3-5,7-8H,6,9-10H2,1-2H3. The maximum atomic E-state index is 11.7. The van der Waals surface area contributed by atoms with Crippen molar-refractivity contribution < 1.29 is 18.3 Å². The largest absolute Gasteiger partial charge is 0.494 e. The lowest BCUT2D eigenvalue weighted by Gasteiger charge is -2.13. The molecule has 4 nitrogen and oxygen atoms in total. The van der Waals surface area contributed by atoms with Crippen LogP contribution in [-0.4, -0.2) is 27.0 Å². The van der Waals surface area contributed by atoms with Gasteiger partial charge in [-0.2, -0.15) is 0 Å². The Labute approximate surface area is 96.1 Å². The summed E-state index contributed by atoms with van der Waals surface area (Å²) in [7, 11) is -0.100. The van der Waals surface area contributed by atoms with E-state index in [-0.39, 0.29) is 0 Å². The van der Waals surface area contributed by atoms with Crippen LogP contribution < -0.4 is 4.74 Å². The van der Waals surface area contributed by atoms with Crippen molar-refractivity contribution >= 4 is 7.60 Å². The number of hydrogen-bond acceptors (Lipinski definition) is 4. The molecule has 0 saturated carbocycles. The highest BCUT2D eigenvalue weighted by atomic mass is 31.2. The van der Waals surface area contributed by atoms with Crippen molar-refractivity contribution in [1.29, 1.82) is 0 Å². The van der Waals surface area contributed by atoms with Crippen molar-refractivity contribution in [3.63, 3.8) is 0 Å². The van der Waals surface area contributed by atoms with Gasteiger partial charge in [0.05, 0.1) is 12.8 Å². The number of benzene rings is 1. The fourth-order valence-corrected chi connectivity index (χ4v) is 2.25. The van der Waals surface area contributed by atoms with Gasteiger partial charge in [-0.05, 0) is 18.6 Å². The Balaban J connectivity index is 2.24. The number of ether oxygens (including phenoxy) is 1. The van der Waals surface area contributed by atoms with Crippen molar-refractivity contribution in [3.05, 3.63) is 30.3 Å². The Hall–Kier alpha value is -0.830. The van der Waals surface area contributed by atoms with Crippen LogP contribution in [0.25, 0.3) is 0 Å². The second kappa shape index (κ2) is 6.69. The summed E-state index contributed by atoms with van der Waals surface area (Å²) in [6.07, 6.45) is 1.00. The van der Waals surface area contributed by atoms with Crippen molar-refractivity contribution in [2.45, 2.75) is 6.42 Å². The van der Waals surface area contributed by atoms with Crippen molar-refractivity contribution in [2.24, 2.45) is 0 Å². The molecule has 0 aromatic heterocycles. The Morgan fingerprint density at radius 3 is 2.31 bits per heavy atom. The average Bonchev–Trinajstić information content (AvgIpc) is 2.36. The molecule has 0 bridgehead atoms. The summed E-state index contributed by atoms with van der Waals surface area (Å²) in [5.74, 6) is 0.812. The van der Waals surface area contributed by atoms with Gasteiger partial charge in [0.2, 0.25) is 0 Å². The van der Waals surface area contributed by atoms with E-state index in [1.807, 2.05) is 30.3 Å². The topological polar surface area (TPSA) is 44.8 Å². The van der Waals surface area contributed by atoms with Gasteiger partial charge in [0.25, 0.3) is 0 Å². The lowest BCUT2D eigenvalue weighted by atomic mass is 10.3. The van der Waals surface area contributed by atoms with Crippen molar-refractivity contribution in [2.75, 3.05) is 27.0 Å². The van der Waals surface area contributed by atoms with Gasteiger partial charge in [0.1, 0.15) is 5.75 Å². The summed E-state index contributed by atoms with van der Waals surface area (Å²) in [5, 5.41) is 0. The van der Waals surface area contributed by atoms with Crippen LogP contribution in [0.1, 0.15) is 6.42 Å². The van der Waals surface area contributed by atoms with E-state index >= 15 is 0 Å². The molecule has 0 atom stereocenters. The second-order valence-electron chi connectivity index (χ2n) is 3.21. The van der Waals surface area contributed by atoms with E-state index < -0.39 is 7.60 Å². The fraction of sp³-hybridized carbons (Fsp3) is 0.455. The van der Waals surface area contributed by atoms with Crippen LogP contribution in [0, 0.1) is 0 Å². The quantitative estimate of drug-likeness (QED) is 0.546. The monoisotopic (exact) mass is 244 g/mol. The molecule has 1 aromatic carbocycles. The normalized spacial score (nSPS) is 11.4. The first-order valence-corrected chi connectivity index (χ1v) is 6.81. The average molecular weight is 244 g/mol. The maximum absolute atomic E-state index is 11.7. The predicted molar refractivity (Wildman–Crippen MR) is 63.0 cm³/mol. The first-order valence-electron chi connectivity index (χ1n) is 5.08. The lowest BCUT2D eigenvalue weighted by Crippen LogP contribution is -2.02. The molecule has 0 aliphatic carbocycles. The fourth-order valence-electron chi connectivity index (χ4n) is 1.22. The highest BCUT2D eigenvalue weighted by Gasteiger charge is 2.19. The second-order valence-corrected chi connectivity index (χ2v) is 5.61. The van der Waals surface area contributed by atoms with Crippen LogP contribution in [0.3, 0.4) is 0 Å². The third-order valence-corrected chi connectivity index (χ3v) is 4.12. The summed E-state index contributed by atoms with van der Waals surface area (Å²) >= 11 is 0. The number of para-hydroxylation sites is 1. The zero-order valence-electron chi connectivity index (χ0n) is 9.59. The van der Waals surface area contributed by atoms with Crippen LogP contribution in [0.4, 0.5) is 0 Å². The lowest BCUT2D eigenvalue weighted by molar-refractivity contribution is 0.267. The van der Waals surface area contributed by atoms with E-state index in [4.69, 9.17) is 13.8 Å². The molecule has 0 radical (unpaired) electrons. The number of hydrogen-bond donors (Lipinski definition) is 0. The molecule has 1 aromatic rings. The molecule has 0 amide bonds. The number of rotatable bonds is 7. The van der Waals surface area contributed by atoms with Gasteiger partial charge >= 0.3 is 7.60 Å². The first kappa shape index (κ1) is 13.2. The van der Waals surface area contributed by atoms with Crippen LogP contribution in [-0.2, 0) is 13.6 Å². The SMILES string of the molecule is COP(=O)(CCCOc1ccccc1)OC. The third-order valence-electron chi connectivity index (χ3n) is 2.14. The molecular weight excluding hydrogens is 227 g/mol. The molecule has 0 N–H and O–H groups in total. The summed E-state index contributed by atoms with van der Waals surface area (Å²) in [5.41, 5.74) is 0. The molecule has 0 aliphatic heterocycles. The predicted octanol–water partition coefficient (Wildman–Crippen LogP) is 2.94. The first-order chi connectivity index (χ1) is 7.70. The minimum atomic E-state index is -2.88. The Morgan fingerprint density at radius 2 is 1.75 bits per heavy atom. The summed E-state index contributed by atoms with van der Waals surface area (Å²) < 4.78 is 26.8. The minimum Gasteiger partial charge on any atom is -0.494 e. The highest BCUT2D eigenvalue weighted by molar-refractivity contribution is 7.53. The molecule has 0 fully saturated rings. The third kappa shape index (κ3) is 4.35. The van der Waals surface area contributed by atoms with Gasteiger partial charge in [0.15, 0.2) is 0 Å². The molecule has 16 heavy (non-hydrogen) atoms. The Morgan fingerprint density at radius 1 is 1.12 bits per heavy atom. The van der Waals surface area contributed by atoms with Crippen LogP contribution in [0.5, 0.6) is 5.75 Å². The van der Waals surface area contributed by atoms with Gasteiger partial charge < -0.3 is 13.8 Å². The summed E-state index contributed by atoms with van der Waals surface area (Å²) in [6.45, 7) is 0.501. The van der Waals surface area contributed by atoms with Crippen molar-refractivity contribution in [3.8, 4) is 5.75 Å². The van der Waals surface area contributed by atoms with Crippen LogP contribution in [0.2, 0.25) is 0 Å². The van der Waals surface area contributed by atoms with Crippen LogP contribution in [0.15, 0.2) is 30.3 Å². The zero-order chi connectivity index (χ0) is 11.9. The highest BCUT2D eigenvalue weighted by Crippen LogP contribution is 2.46. The summed E-state index contributed by atoms with van der Waals surface area (Å²) in [6, 6.07) is 9.50. The van der Waals surface area contributed by atoms with E-state index in [2.05, 4.69) is 0 Å². The van der Waals surface area contributed by atoms with Crippen LogP contribution >= 0.6 is 7.60 Å². The zero-order valence-corrected chi connectivity index (χ0v) is 10.5. The molecule has 90 valence electrons. The van der Waals surface area contributed by atoms with E-state index in [9.17, 15) is 4.57 Å². The molecule has 0 spiro atoms.